The van der Waals surface area contributed by atoms with Crippen LogP contribution in [0.25, 0.3) is 0 Å². The number of likely N-dealkylation sites (tertiary alicyclic amines) is 1. The van der Waals surface area contributed by atoms with E-state index in [-0.39, 0.29) is 127 Å². The van der Waals surface area contributed by atoms with Crippen molar-refractivity contribution in [3.63, 3.8) is 0 Å². The van der Waals surface area contributed by atoms with Gasteiger partial charge in [0.25, 0.3) is 0 Å². The van der Waals surface area contributed by atoms with Crippen molar-refractivity contribution in [2.45, 2.75) is 32.2 Å². The topological polar surface area (TPSA) is 124 Å². The fraction of sp³-hybridized carbons (Fsp3) is 0.323. The van der Waals surface area contributed by atoms with Gasteiger partial charge in [-0.05, 0) is 24.3 Å². The number of nitrogens with two attached hydrogens (primary N) is 1. The quantitative estimate of drug-likeness (QED) is 0.120. The van der Waals surface area contributed by atoms with Crippen LogP contribution in [0.2, 0.25) is 0 Å². The number of hydrogen-bond acceptors (Lipinski definition) is 6. The molecule has 0 spiro atoms. The standard InChI is InChI=1S/C13H18NO.C11H13NO.C6H7N.CH2O3.HI.2K/c1-14(9-7-13(15)8-10-14)11-12-5-3-2-4-6-12;13-11-6-8-12(9-7-11)10-4-2-1-3-5-10;7-6-4-2-1-3-5-6;2-1(3)4;;;/h2-6H,7-11H2,1H3;1-5H,6-9H2;1-5H,7H2;(H2,2,3,4);1H;;/q+1;;;;;2*+1/p-2. The van der Waals surface area contributed by atoms with Gasteiger partial charge in [0.1, 0.15) is 18.1 Å². The molecule has 0 unspecified atom stereocenters. The summed E-state index contributed by atoms with van der Waals surface area (Å²) in [7, 11) is 2.25. The molecule has 0 bridgehead atoms. The molecule has 3 N–H and O–H groups in total. The summed E-state index contributed by atoms with van der Waals surface area (Å²) < 4.78 is 1.01. The summed E-state index contributed by atoms with van der Waals surface area (Å²) in [5.74, 6) is 0.825. The molecule has 5 rings (SSSR count). The van der Waals surface area contributed by atoms with Crippen LogP contribution >= 0.6 is 0 Å². The largest absolute Gasteiger partial charge is 1.00 e. The number of benzene rings is 3. The molecule has 2 fully saturated rings. The first-order valence-corrected chi connectivity index (χ1v) is 13.1. The minimum absolute atomic E-state index is 0. The van der Waals surface area contributed by atoms with Crippen molar-refractivity contribution >= 4 is 29.1 Å². The molecule has 8 nitrogen and oxygen atoms in total. The van der Waals surface area contributed by atoms with Crippen LogP contribution in [0.1, 0.15) is 31.2 Å². The number of Topliss-reactive ketones (excluding diaryl/α,β-unsaturated/α-hetero) is 2. The van der Waals surface area contributed by atoms with Crippen LogP contribution in [-0.2, 0) is 16.1 Å². The van der Waals surface area contributed by atoms with Gasteiger partial charge in [-0.1, -0.05) is 66.7 Å². The van der Waals surface area contributed by atoms with Gasteiger partial charge in [-0.25, -0.2) is 0 Å². The Morgan fingerprint density at radius 3 is 1.57 bits per heavy atom. The molecule has 0 amide bonds. The maximum absolute atomic E-state index is 11.2. The summed E-state index contributed by atoms with van der Waals surface area (Å²) in [6, 6.07) is 30.3. The molecule has 3 aromatic carbocycles. The Labute approximate surface area is 351 Å². The van der Waals surface area contributed by atoms with E-state index < -0.39 is 6.16 Å². The Morgan fingerprint density at radius 2 is 1.17 bits per heavy atom. The Morgan fingerprint density at radius 1 is 0.786 bits per heavy atom. The second-order valence-electron chi connectivity index (χ2n) is 9.79. The number of carboxylic acid groups (broad SMARTS) is 2. The first kappa shape index (κ1) is 44.0. The van der Waals surface area contributed by atoms with Crippen LogP contribution in [-0.4, -0.2) is 60.5 Å². The van der Waals surface area contributed by atoms with Crippen LogP contribution in [0, 0.1) is 0 Å². The third-order valence-corrected chi connectivity index (χ3v) is 6.51. The first-order valence-electron chi connectivity index (χ1n) is 13.1. The predicted molar refractivity (Wildman–Crippen MR) is 152 cm³/mol. The van der Waals surface area contributed by atoms with E-state index in [1.807, 2.05) is 54.6 Å². The van der Waals surface area contributed by atoms with Gasteiger partial charge in [0.15, 0.2) is 0 Å². The van der Waals surface area contributed by atoms with Crippen LogP contribution in [0.4, 0.5) is 16.2 Å². The monoisotopic (exact) mass is 738 g/mol. The molecule has 0 atom stereocenters. The van der Waals surface area contributed by atoms with Crippen LogP contribution in [0.3, 0.4) is 0 Å². The molecule has 0 aliphatic carbocycles. The number of piperidine rings is 2. The van der Waals surface area contributed by atoms with Crippen molar-refractivity contribution in [2.75, 3.05) is 43.9 Å². The predicted octanol–water partition coefficient (Wildman–Crippen LogP) is -4.98. The van der Waals surface area contributed by atoms with Crippen LogP contribution < -0.4 is 142 Å². The number of ketones is 2. The third kappa shape index (κ3) is 20.0. The Hall–Kier alpha value is -0.167. The van der Waals surface area contributed by atoms with Crippen molar-refractivity contribution in [2.24, 2.45) is 0 Å². The second-order valence-corrected chi connectivity index (χ2v) is 9.79. The fourth-order valence-corrected chi connectivity index (χ4v) is 4.31. The minimum Gasteiger partial charge on any atom is -1.00 e. The number of quaternary nitrogens is 1. The smallest absolute Gasteiger partial charge is 1.00 e. The van der Waals surface area contributed by atoms with Gasteiger partial charge in [-0.15, -0.1) is 0 Å². The van der Waals surface area contributed by atoms with Gasteiger partial charge in [0.2, 0.25) is 6.16 Å². The van der Waals surface area contributed by atoms with Gasteiger partial charge in [0, 0.05) is 42.9 Å². The van der Waals surface area contributed by atoms with Gasteiger partial charge < -0.3 is 54.1 Å². The van der Waals surface area contributed by atoms with Crippen molar-refractivity contribution in [3.05, 3.63) is 96.6 Å². The molecule has 2 heterocycles. The average Bonchev–Trinajstić information content (AvgIpc) is 2.93. The molecule has 2 aliphatic heterocycles. The van der Waals surface area contributed by atoms with E-state index in [4.69, 9.17) is 20.7 Å². The van der Waals surface area contributed by atoms with E-state index in [1.165, 1.54) is 11.3 Å². The number of anilines is 2. The first-order chi connectivity index (χ1) is 18.7. The molecule has 0 radical (unpaired) electrons. The van der Waals surface area contributed by atoms with E-state index >= 15 is 0 Å². The number of carbonyl (C=O) groups is 3. The summed E-state index contributed by atoms with van der Waals surface area (Å²) in [5, 5.41) is 15.3. The second kappa shape index (κ2) is 25.1. The molecule has 2 aliphatic rings. The third-order valence-electron chi connectivity index (χ3n) is 6.51. The van der Waals surface area contributed by atoms with E-state index in [0.717, 1.165) is 55.7 Å². The summed E-state index contributed by atoms with van der Waals surface area (Å²) >= 11 is 0. The SMILES string of the molecule is C[N+]1(Cc2ccccc2)CCC(=O)CC1.Nc1ccccc1.O=C([O-])O.O=C1CCN(c2ccccc2)CC1.[I-].[K+].[K+]. The normalized spacial score (nSPS) is 14.6. The van der Waals surface area contributed by atoms with Crippen LogP contribution in [0.5, 0.6) is 0 Å². The zero-order valence-corrected chi connectivity index (χ0v) is 33.4. The molecule has 42 heavy (non-hydrogen) atoms. The number of carbonyl (C=O) groups excluding carboxylic acids is 2. The minimum atomic E-state index is -2.08. The molecule has 0 aromatic heterocycles. The molecular weight excluding hydrogens is 699 g/mol. The van der Waals surface area contributed by atoms with E-state index in [9.17, 15) is 9.59 Å². The summed E-state index contributed by atoms with van der Waals surface area (Å²) in [4.78, 5) is 32.9. The number of rotatable bonds is 3. The average molecular weight is 739 g/mol. The number of nitrogen functional groups attached to an aromatic ring is 1. The van der Waals surface area contributed by atoms with Crippen LogP contribution in [0.15, 0.2) is 91.0 Å². The van der Waals surface area contributed by atoms with E-state index in [2.05, 4.69) is 48.3 Å². The number of para-hydroxylation sites is 2. The fourth-order valence-electron chi connectivity index (χ4n) is 4.31. The van der Waals surface area contributed by atoms with Crippen molar-refractivity contribution in [3.8, 4) is 0 Å². The summed E-state index contributed by atoms with van der Waals surface area (Å²) in [6.45, 7) is 4.79. The van der Waals surface area contributed by atoms with Gasteiger partial charge in [-0.3, -0.25) is 9.59 Å². The maximum atomic E-state index is 11.2. The van der Waals surface area contributed by atoms with Crippen molar-refractivity contribution in [1.82, 2.24) is 0 Å². The summed E-state index contributed by atoms with van der Waals surface area (Å²) in [6.07, 6.45) is 0.830. The van der Waals surface area contributed by atoms with E-state index in [0.29, 0.717) is 24.4 Å². The number of halogens is 1. The summed E-state index contributed by atoms with van der Waals surface area (Å²) in [5.41, 5.74) is 8.78. The van der Waals surface area contributed by atoms with Gasteiger partial charge >= 0.3 is 103 Å². The van der Waals surface area contributed by atoms with Gasteiger partial charge in [0.05, 0.1) is 33.0 Å². The van der Waals surface area contributed by atoms with Gasteiger partial charge in [-0.2, -0.15) is 0 Å². The zero-order valence-electron chi connectivity index (χ0n) is 25.0. The Kier molecular flexibility index (Phi) is 26.2. The van der Waals surface area contributed by atoms with Crippen molar-refractivity contribution < 1.29 is 156 Å². The maximum Gasteiger partial charge on any atom is 1.00 e. The molecule has 3 aromatic rings. The molecule has 216 valence electrons. The zero-order chi connectivity index (χ0) is 28.5. The molecule has 11 heteroatoms. The van der Waals surface area contributed by atoms with Crippen molar-refractivity contribution in [1.29, 1.82) is 0 Å². The Balaban J connectivity index is 0. The Bertz CT molecular complexity index is 1140. The number of hydrogen-bond donors (Lipinski definition) is 2. The molecular formula is C31H39IK2N3O5+. The van der Waals surface area contributed by atoms with E-state index in [1.54, 1.807) is 0 Å². The molecule has 2 saturated heterocycles. The molecule has 0 saturated carbocycles. The number of nitrogens with zero attached hydrogens (tertiary/aromatic N) is 2.